The van der Waals surface area contributed by atoms with E-state index in [0.717, 1.165) is 31.6 Å². The highest BCUT2D eigenvalue weighted by Gasteiger charge is 2.25. The summed E-state index contributed by atoms with van der Waals surface area (Å²) in [5.41, 5.74) is 2.30. The number of amides is 1. The summed E-state index contributed by atoms with van der Waals surface area (Å²) in [5.74, 6) is 0.707. The van der Waals surface area contributed by atoms with Crippen LogP contribution in [0.25, 0.3) is 0 Å². The number of para-hydroxylation sites is 1. The Morgan fingerprint density at radius 2 is 2.25 bits per heavy atom. The number of hydrogen-bond acceptors (Lipinski definition) is 3. The second kappa shape index (κ2) is 7.26. The molecule has 1 aliphatic rings. The Morgan fingerprint density at radius 3 is 3.00 bits per heavy atom. The van der Waals surface area contributed by atoms with Crippen molar-refractivity contribution in [3.8, 4) is 5.75 Å². The molecule has 1 aromatic heterocycles. The number of unbranched alkanes of at least 4 members (excludes halogenated alkanes) is 1. The molecule has 0 saturated heterocycles. The van der Waals surface area contributed by atoms with E-state index in [9.17, 15) is 4.79 Å². The number of hydrogen-bond donors (Lipinski definition) is 1. The highest BCUT2D eigenvalue weighted by Crippen LogP contribution is 2.28. The number of halogens is 1. The number of aryl methyl sites for hydroxylation is 2. The molecule has 0 saturated carbocycles. The lowest BCUT2D eigenvalue weighted by molar-refractivity contribution is 0.0933. The number of carbonyl (C=O) groups excluding carboxylic acids is 1. The van der Waals surface area contributed by atoms with Crippen molar-refractivity contribution in [3.63, 3.8) is 0 Å². The van der Waals surface area contributed by atoms with Crippen molar-refractivity contribution < 1.29 is 9.53 Å². The molecule has 6 heteroatoms. The van der Waals surface area contributed by atoms with Crippen LogP contribution in [-0.4, -0.2) is 28.3 Å². The molecule has 0 radical (unpaired) electrons. The fourth-order valence-electron chi connectivity index (χ4n) is 2.93. The van der Waals surface area contributed by atoms with Gasteiger partial charge in [-0.3, -0.25) is 9.48 Å². The normalized spacial score (nSPS) is 15.9. The molecule has 1 aromatic carbocycles. The Balaban J connectivity index is 1.61. The van der Waals surface area contributed by atoms with Gasteiger partial charge < -0.3 is 10.1 Å². The molecule has 1 N–H and O–H groups in total. The van der Waals surface area contributed by atoms with Gasteiger partial charge in [-0.1, -0.05) is 43.1 Å². The summed E-state index contributed by atoms with van der Waals surface area (Å²) < 4.78 is 7.55. The van der Waals surface area contributed by atoms with E-state index in [2.05, 4.69) is 23.4 Å². The lowest BCUT2D eigenvalue weighted by Gasteiger charge is -2.12. The van der Waals surface area contributed by atoms with Crippen LogP contribution in [0.4, 0.5) is 0 Å². The van der Waals surface area contributed by atoms with Gasteiger partial charge in [0.05, 0.1) is 17.8 Å². The largest absolute Gasteiger partial charge is 0.488 e. The van der Waals surface area contributed by atoms with Gasteiger partial charge in [0.15, 0.2) is 0 Å². The van der Waals surface area contributed by atoms with Crippen LogP contribution in [0, 0.1) is 6.92 Å². The van der Waals surface area contributed by atoms with E-state index in [1.54, 1.807) is 4.68 Å². The first-order valence-electron chi connectivity index (χ1n) is 8.35. The zero-order chi connectivity index (χ0) is 17.1. The third kappa shape index (κ3) is 3.41. The molecule has 1 amide bonds. The average Bonchev–Trinajstić information content (AvgIpc) is 3.11. The van der Waals surface area contributed by atoms with E-state index in [1.165, 1.54) is 5.56 Å². The first kappa shape index (κ1) is 16.8. The van der Waals surface area contributed by atoms with Crippen molar-refractivity contribution in [1.29, 1.82) is 0 Å². The average molecular weight is 348 g/mol. The van der Waals surface area contributed by atoms with E-state index < -0.39 is 0 Å². The molecule has 0 bridgehead atoms. The maximum atomic E-state index is 12.5. The quantitative estimate of drug-likeness (QED) is 0.871. The third-order valence-corrected chi connectivity index (χ3v) is 4.60. The summed E-state index contributed by atoms with van der Waals surface area (Å²) in [7, 11) is 0. The third-order valence-electron chi connectivity index (χ3n) is 4.22. The predicted octanol–water partition coefficient (Wildman–Crippen LogP) is 3.38. The molecular formula is C18H22ClN3O2. The summed E-state index contributed by atoms with van der Waals surface area (Å²) in [5, 5.41) is 7.71. The fraction of sp³-hybridized carbons (Fsp3) is 0.444. The van der Waals surface area contributed by atoms with E-state index in [4.69, 9.17) is 16.3 Å². The van der Waals surface area contributed by atoms with Gasteiger partial charge in [0.2, 0.25) is 0 Å². The number of aromatic nitrogens is 2. The molecule has 2 heterocycles. The Labute approximate surface area is 147 Å². The monoisotopic (exact) mass is 347 g/mol. The van der Waals surface area contributed by atoms with Gasteiger partial charge in [-0.2, -0.15) is 5.10 Å². The van der Waals surface area contributed by atoms with Crippen molar-refractivity contribution in [2.24, 2.45) is 0 Å². The standard InChI is InChI=1S/C18H22ClN3O2/c1-3-4-9-22-17(19)16(12(2)21-22)18(23)20-11-14-10-13-7-5-6-8-15(13)24-14/h5-8,14H,3-4,9-11H2,1-2H3,(H,20,23)/t14-/m0/s1. The first-order chi connectivity index (χ1) is 11.6. The number of nitrogens with zero attached hydrogens (tertiary/aromatic N) is 2. The molecule has 2 aromatic rings. The van der Waals surface area contributed by atoms with E-state index in [-0.39, 0.29) is 12.0 Å². The van der Waals surface area contributed by atoms with Crippen LogP contribution in [0.5, 0.6) is 5.75 Å². The van der Waals surface area contributed by atoms with Gasteiger partial charge in [0.25, 0.3) is 5.91 Å². The number of nitrogens with one attached hydrogen (secondary N) is 1. The second-order valence-electron chi connectivity index (χ2n) is 6.09. The van der Waals surface area contributed by atoms with Gasteiger partial charge in [0.1, 0.15) is 17.0 Å². The molecule has 0 fully saturated rings. The lowest BCUT2D eigenvalue weighted by Crippen LogP contribution is -2.34. The zero-order valence-corrected chi connectivity index (χ0v) is 14.8. The van der Waals surface area contributed by atoms with Crippen molar-refractivity contribution in [2.45, 2.75) is 45.8 Å². The minimum Gasteiger partial charge on any atom is -0.488 e. The van der Waals surface area contributed by atoms with Gasteiger partial charge in [-0.25, -0.2) is 0 Å². The predicted molar refractivity (Wildman–Crippen MR) is 93.8 cm³/mol. The summed E-state index contributed by atoms with van der Waals surface area (Å²) in [6.07, 6.45) is 2.80. The van der Waals surface area contributed by atoms with E-state index >= 15 is 0 Å². The topological polar surface area (TPSA) is 56.2 Å². The highest BCUT2D eigenvalue weighted by atomic mass is 35.5. The van der Waals surface area contributed by atoms with Gasteiger partial charge in [-0.15, -0.1) is 0 Å². The number of carbonyl (C=O) groups is 1. The van der Waals surface area contributed by atoms with Gasteiger partial charge in [-0.05, 0) is 25.0 Å². The van der Waals surface area contributed by atoms with Crippen LogP contribution >= 0.6 is 11.6 Å². The van der Waals surface area contributed by atoms with Crippen LogP contribution in [0.15, 0.2) is 24.3 Å². The Morgan fingerprint density at radius 1 is 1.46 bits per heavy atom. The van der Waals surface area contributed by atoms with Crippen LogP contribution in [0.2, 0.25) is 5.15 Å². The highest BCUT2D eigenvalue weighted by molar-refractivity contribution is 6.33. The summed E-state index contributed by atoms with van der Waals surface area (Å²) in [6.45, 7) is 5.09. The molecule has 1 aliphatic heterocycles. The maximum absolute atomic E-state index is 12.5. The lowest BCUT2D eigenvalue weighted by atomic mass is 10.1. The SMILES string of the molecule is CCCCn1nc(C)c(C(=O)NC[C@@H]2Cc3ccccc3O2)c1Cl. The van der Waals surface area contributed by atoms with Crippen molar-refractivity contribution >= 4 is 17.5 Å². The van der Waals surface area contributed by atoms with Crippen LogP contribution in [-0.2, 0) is 13.0 Å². The molecule has 128 valence electrons. The number of rotatable bonds is 6. The Hall–Kier alpha value is -2.01. The van der Waals surface area contributed by atoms with Crippen LogP contribution in [0.3, 0.4) is 0 Å². The minimum absolute atomic E-state index is 0.0411. The molecule has 0 aliphatic carbocycles. The maximum Gasteiger partial charge on any atom is 0.256 e. The molecule has 5 nitrogen and oxygen atoms in total. The molecule has 0 unspecified atom stereocenters. The van der Waals surface area contributed by atoms with Crippen LogP contribution < -0.4 is 10.1 Å². The summed E-state index contributed by atoms with van der Waals surface area (Å²) >= 11 is 6.34. The molecule has 3 rings (SSSR count). The number of fused-ring (bicyclic) bond motifs is 1. The van der Waals surface area contributed by atoms with E-state index in [1.807, 2.05) is 25.1 Å². The van der Waals surface area contributed by atoms with Gasteiger partial charge in [0, 0.05) is 13.0 Å². The fourth-order valence-corrected chi connectivity index (χ4v) is 3.27. The first-order valence-corrected chi connectivity index (χ1v) is 8.73. The Kier molecular flexibility index (Phi) is 5.09. The second-order valence-corrected chi connectivity index (χ2v) is 6.45. The molecule has 1 atom stereocenters. The zero-order valence-electron chi connectivity index (χ0n) is 14.0. The van der Waals surface area contributed by atoms with E-state index in [0.29, 0.717) is 23.0 Å². The number of ether oxygens (including phenoxy) is 1. The van der Waals surface area contributed by atoms with Crippen molar-refractivity contribution in [1.82, 2.24) is 15.1 Å². The smallest absolute Gasteiger partial charge is 0.256 e. The van der Waals surface area contributed by atoms with Crippen LogP contribution in [0.1, 0.15) is 41.4 Å². The van der Waals surface area contributed by atoms with Crippen molar-refractivity contribution in [3.05, 3.63) is 46.2 Å². The molecule has 0 spiro atoms. The minimum atomic E-state index is -0.195. The van der Waals surface area contributed by atoms with Gasteiger partial charge >= 0.3 is 0 Å². The van der Waals surface area contributed by atoms with Crippen molar-refractivity contribution in [2.75, 3.05) is 6.54 Å². The summed E-state index contributed by atoms with van der Waals surface area (Å²) in [4.78, 5) is 12.5. The number of benzene rings is 1. The Bertz CT molecular complexity index is 717. The molecule has 24 heavy (non-hydrogen) atoms. The summed E-state index contributed by atoms with van der Waals surface area (Å²) in [6, 6.07) is 7.95. The molecular weight excluding hydrogens is 326 g/mol.